The maximum absolute atomic E-state index is 13.9. The monoisotopic (exact) mass is 274 g/mol. The van der Waals surface area contributed by atoms with Gasteiger partial charge in [0.05, 0.1) is 12.2 Å². The zero-order valence-corrected chi connectivity index (χ0v) is 10.2. The van der Waals surface area contributed by atoms with Gasteiger partial charge in [0.2, 0.25) is 0 Å². The average molecular weight is 274 g/mol. The molecule has 1 aromatic rings. The molecule has 3 atom stereocenters. The van der Waals surface area contributed by atoms with Crippen LogP contribution in [-0.4, -0.2) is 40.7 Å². The number of carbonyl (C=O) groups is 1. The molecule has 1 saturated heterocycles. The molecule has 0 saturated carbocycles. The van der Waals surface area contributed by atoms with E-state index in [9.17, 15) is 18.7 Å². The highest BCUT2D eigenvalue weighted by atomic mass is 19.3. The summed E-state index contributed by atoms with van der Waals surface area (Å²) in [5, 5.41) is 18.3. The Morgan fingerprint density at radius 2 is 2.26 bits per heavy atom. The molecule has 1 aliphatic heterocycles. The third-order valence-electron chi connectivity index (χ3n) is 3.06. The summed E-state index contributed by atoms with van der Waals surface area (Å²) < 4.78 is 33.7. The van der Waals surface area contributed by atoms with Gasteiger partial charge in [0.25, 0.3) is 0 Å². The number of nitrogens with zero attached hydrogens (tertiary/aromatic N) is 1. The number of halogens is 2. The molecule has 0 radical (unpaired) electrons. The molecule has 1 unspecified atom stereocenters. The Labute approximate surface area is 108 Å². The van der Waals surface area contributed by atoms with E-state index >= 15 is 0 Å². The lowest BCUT2D eigenvalue weighted by Gasteiger charge is -2.15. The molecule has 1 fully saturated rings. The van der Waals surface area contributed by atoms with Gasteiger partial charge in [-0.25, -0.2) is 0 Å². The van der Waals surface area contributed by atoms with E-state index in [-0.39, 0.29) is 11.3 Å². The second-order valence-corrected chi connectivity index (χ2v) is 4.42. The highest BCUT2D eigenvalue weighted by Gasteiger charge is 2.63. The highest BCUT2D eigenvalue weighted by molar-refractivity contribution is 5.93. The van der Waals surface area contributed by atoms with Crippen molar-refractivity contribution in [1.82, 2.24) is 0 Å². The number of ether oxygens (including phenoxy) is 1. The molecule has 104 valence electrons. The summed E-state index contributed by atoms with van der Waals surface area (Å²) in [5.41, 5.74) is 0.254. The molecule has 0 spiro atoms. The fourth-order valence-corrected chi connectivity index (χ4v) is 1.98. The van der Waals surface area contributed by atoms with Crippen molar-refractivity contribution in [2.24, 2.45) is 0 Å². The number of alkyl halides is 2. The van der Waals surface area contributed by atoms with Crippen molar-refractivity contribution in [2.75, 3.05) is 6.61 Å². The van der Waals surface area contributed by atoms with Crippen molar-refractivity contribution in [2.45, 2.75) is 31.3 Å². The number of aromatic nitrogens is 1. The molecule has 5 nitrogen and oxygen atoms in total. The molecule has 0 amide bonds. The van der Waals surface area contributed by atoms with Gasteiger partial charge in [-0.1, -0.05) is 0 Å². The van der Waals surface area contributed by atoms with E-state index in [0.717, 1.165) is 4.57 Å². The van der Waals surface area contributed by atoms with Gasteiger partial charge in [-0.15, -0.1) is 0 Å². The van der Waals surface area contributed by atoms with Crippen LogP contribution in [0, 0.1) is 0 Å². The fraction of sp³-hybridized carbons (Fsp3) is 0.500. The van der Waals surface area contributed by atoms with Gasteiger partial charge in [0.1, 0.15) is 6.10 Å². The summed E-state index contributed by atoms with van der Waals surface area (Å²) in [6.07, 6.45) is -2.64. The largest absolute Gasteiger partial charge is 0.394 e. The van der Waals surface area contributed by atoms with E-state index < -0.39 is 31.0 Å². The number of ketones is 1. The Balaban J connectivity index is 2.36. The van der Waals surface area contributed by atoms with Crippen molar-refractivity contribution in [3.8, 4) is 0 Å². The van der Waals surface area contributed by atoms with E-state index in [0.29, 0.717) is 0 Å². The molecule has 2 rings (SSSR count). The van der Waals surface area contributed by atoms with Gasteiger partial charge in [0.15, 0.2) is 24.3 Å². The smallest absolute Gasteiger partial charge is 0.362 e. The van der Waals surface area contributed by atoms with Gasteiger partial charge in [-0.3, -0.25) is 4.79 Å². The number of pyridine rings is 1. The molecule has 1 aliphatic rings. The lowest BCUT2D eigenvalue weighted by Crippen LogP contribution is -2.50. The first-order valence-corrected chi connectivity index (χ1v) is 5.72. The minimum absolute atomic E-state index is 0.254. The molecule has 2 N–H and O–H groups in total. The van der Waals surface area contributed by atoms with Crippen LogP contribution in [0.4, 0.5) is 8.78 Å². The number of rotatable bonds is 3. The first kappa shape index (κ1) is 14.0. The predicted molar refractivity (Wildman–Crippen MR) is 58.6 cm³/mol. The van der Waals surface area contributed by atoms with Crippen LogP contribution in [0.25, 0.3) is 0 Å². The van der Waals surface area contributed by atoms with Crippen LogP contribution in [0.15, 0.2) is 24.5 Å². The lowest BCUT2D eigenvalue weighted by atomic mass is 10.1. The van der Waals surface area contributed by atoms with E-state index in [4.69, 9.17) is 9.84 Å². The number of carbonyl (C=O) groups excluding carboxylic acids is 1. The normalized spacial score (nSPS) is 29.4. The van der Waals surface area contributed by atoms with Crippen molar-refractivity contribution in [3.63, 3.8) is 0 Å². The van der Waals surface area contributed by atoms with Gasteiger partial charge < -0.3 is 14.9 Å². The van der Waals surface area contributed by atoms with Crippen LogP contribution < -0.4 is 4.57 Å². The molecular formula is C12H14F2NO4+. The molecule has 7 heteroatoms. The van der Waals surface area contributed by atoms with E-state index in [1.165, 1.54) is 31.5 Å². The first-order chi connectivity index (χ1) is 8.87. The van der Waals surface area contributed by atoms with Crippen LogP contribution in [0.3, 0.4) is 0 Å². The van der Waals surface area contributed by atoms with Crippen LogP contribution in [0.5, 0.6) is 0 Å². The maximum Gasteiger partial charge on any atom is 0.362 e. The topological polar surface area (TPSA) is 70.6 Å². The summed E-state index contributed by atoms with van der Waals surface area (Å²) in [6, 6.07) is 2.93. The summed E-state index contributed by atoms with van der Waals surface area (Å²) in [6.45, 7) is 0.610. The Morgan fingerprint density at radius 1 is 1.58 bits per heavy atom. The molecular weight excluding hydrogens is 260 g/mol. The van der Waals surface area contributed by atoms with Gasteiger partial charge in [-0.2, -0.15) is 13.3 Å². The Kier molecular flexibility index (Phi) is 3.62. The summed E-state index contributed by atoms with van der Waals surface area (Å²) in [5.74, 6) is -3.82. The van der Waals surface area contributed by atoms with Gasteiger partial charge >= 0.3 is 12.2 Å². The van der Waals surface area contributed by atoms with E-state index in [1.807, 2.05) is 0 Å². The molecule has 1 aromatic heterocycles. The summed E-state index contributed by atoms with van der Waals surface area (Å²) >= 11 is 0. The predicted octanol–water partition coefficient (Wildman–Crippen LogP) is 0.0626. The SMILES string of the molecule is CC(=O)c1ccc[n+]([C@@H]2O[C@H](CO)C(O)C2(F)F)c1. The van der Waals surface area contributed by atoms with Crippen molar-refractivity contribution in [3.05, 3.63) is 30.1 Å². The highest BCUT2D eigenvalue weighted by Crippen LogP contribution is 2.39. The van der Waals surface area contributed by atoms with Crippen molar-refractivity contribution in [1.29, 1.82) is 0 Å². The van der Waals surface area contributed by atoms with Crippen LogP contribution >= 0.6 is 0 Å². The Hall–Kier alpha value is -1.44. The fourth-order valence-electron chi connectivity index (χ4n) is 1.98. The molecule has 0 aliphatic carbocycles. The van der Waals surface area contributed by atoms with E-state index in [2.05, 4.69) is 0 Å². The van der Waals surface area contributed by atoms with Crippen molar-refractivity contribution >= 4 is 5.78 Å². The minimum Gasteiger partial charge on any atom is -0.394 e. The van der Waals surface area contributed by atoms with Gasteiger partial charge in [-0.05, 0) is 13.0 Å². The quantitative estimate of drug-likeness (QED) is 0.604. The van der Waals surface area contributed by atoms with E-state index in [1.54, 1.807) is 0 Å². The number of Topliss-reactive ketones (excluding diaryl/α,β-unsaturated/α-hetero) is 1. The first-order valence-electron chi connectivity index (χ1n) is 5.72. The van der Waals surface area contributed by atoms with Crippen LogP contribution in [0.1, 0.15) is 23.5 Å². The Bertz CT molecular complexity index is 494. The van der Waals surface area contributed by atoms with Crippen LogP contribution in [-0.2, 0) is 4.74 Å². The van der Waals surface area contributed by atoms with Crippen LogP contribution in [0.2, 0.25) is 0 Å². The third kappa shape index (κ3) is 2.36. The van der Waals surface area contributed by atoms with Gasteiger partial charge in [0, 0.05) is 6.07 Å². The average Bonchev–Trinajstić information content (AvgIpc) is 2.61. The Morgan fingerprint density at radius 3 is 2.79 bits per heavy atom. The summed E-state index contributed by atoms with van der Waals surface area (Å²) in [4.78, 5) is 11.2. The van der Waals surface area contributed by atoms with Crippen molar-refractivity contribution < 1.29 is 33.1 Å². The molecule has 0 aromatic carbocycles. The maximum atomic E-state index is 13.9. The standard InChI is InChI=1S/C12H14F2NO4/c1-7(17)8-3-2-4-15(5-8)11-12(13,14)10(18)9(6-16)19-11/h2-5,9-11,16,18H,6H2,1H3/q+1/t9-,10?,11-/m1/s1. The number of aliphatic hydroxyl groups excluding tert-OH is 2. The number of aliphatic hydroxyl groups is 2. The molecule has 0 bridgehead atoms. The second kappa shape index (κ2) is 4.92. The molecule has 19 heavy (non-hydrogen) atoms. The lowest BCUT2D eigenvalue weighted by molar-refractivity contribution is -0.775. The number of hydrogen-bond donors (Lipinski definition) is 2. The molecule has 2 heterocycles. The number of hydrogen-bond acceptors (Lipinski definition) is 4. The zero-order chi connectivity index (χ0) is 14.2. The minimum atomic E-state index is -3.55. The zero-order valence-electron chi connectivity index (χ0n) is 10.2. The third-order valence-corrected chi connectivity index (χ3v) is 3.06. The summed E-state index contributed by atoms with van der Waals surface area (Å²) in [7, 11) is 0. The second-order valence-electron chi connectivity index (χ2n) is 4.42.